The molecule has 0 spiro atoms. The van der Waals surface area contributed by atoms with E-state index in [2.05, 4.69) is 5.32 Å². The number of benzene rings is 2. The number of halogens is 1. The van der Waals surface area contributed by atoms with Crippen molar-refractivity contribution in [3.63, 3.8) is 0 Å². The predicted molar refractivity (Wildman–Crippen MR) is 84.3 cm³/mol. The molecule has 2 aromatic rings. The van der Waals surface area contributed by atoms with Gasteiger partial charge in [-0.25, -0.2) is 0 Å². The number of fused-ring (bicyclic) bond motifs is 1. The largest absolute Gasteiger partial charge is 0.454 e. The van der Waals surface area contributed by atoms with Crippen LogP contribution in [0.2, 0.25) is 5.02 Å². The molecule has 0 radical (unpaired) electrons. The van der Waals surface area contributed by atoms with Gasteiger partial charge in [-0.2, -0.15) is 0 Å². The van der Waals surface area contributed by atoms with E-state index in [0.29, 0.717) is 10.8 Å². The van der Waals surface area contributed by atoms with Gasteiger partial charge in [-0.3, -0.25) is 4.79 Å². The van der Waals surface area contributed by atoms with E-state index in [9.17, 15) is 4.79 Å². The summed E-state index contributed by atoms with van der Waals surface area (Å²) in [6, 6.07) is 12.9. The summed E-state index contributed by atoms with van der Waals surface area (Å²) in [6.45, 7) is 2.17. The quantitative estimate of drug-likeness (QED) is 0.939. The van der Waals surface area contributed by atoms with Crippen molar-refractivity contribution in [3.8, 4) is 11.5 Å². The molecule has 114 valence electrons. The van der Waals surface area contributed by atoms with Crippen LogP contribution in [0.3, 0.4) is 0 Å². The zero-order valence-electron chi connectivity index (χ0n) is 12.1. The third kappa shape index (κ3) is 3.17. The lowest BCUT2D eigenvalue weighted by Gasteiger charge is -2.15. The van der Waals surface area contributed by atoms with E-state index in [1.54, 1.807) is 6.07 Å². The molecule has 1 aliphatic heterocycles. The number of hydrogen-bond donors (Lipinski definition) is 1. The zero-order chi connectivity index (χ0) is 15.5. The average Bonchev–Trinajstić information content (AvgIpc) is 2.97. The lowest BCUT2D eigenvalue weighted by molar-refractivity contribution is -0.121. The number of nitrogens with one attached hydrogen (secondary N) is 1. The predicted octanol–water partition coefficient (Wildman–Crippen LogP) is 3.49. The summed E-state index contributed by atoms with van der Waals surface area (Å²) in [5.74, 6) is 1.38. The minimum absolute atomic E-state index is 0.0710. The molecule has 1 unspecified atom stereocenters. The number of carbonyl (C=O) groups excluding carboxylic acids is 1. The minimum Gasteiger partial charge on any atom is -0.454 e. The van der Waals surface area contributed by atoms with Gasteiger partial charge < -0.3 is 14.8 Å². The maximum Gasteiger partial charge on any atom is 0.231 e. The van der Waals surface area contributed by atoms with E-state index in [1.165, 1.54) is 0 Å². The Bertz CT molecular complexity index is 702. The van der Waals surface area contributed by atoms with Crippen molar-refractivity contribution in [3.05, 3.63) is 58.6 Å². The Balaban J connectivity index is 1.65. The first-order valence-corrected chi connectivity index (χ1v) is 7.43. The van der Waals surface area contributed by atoms with Gasteiger partial charge in [0.1, 0.15) is 0 Å². The van der Waals surface area contributed by atoms with Gasteiger partial charge >= 0.3 is 0 Å². The molecular weight excluding hydrogens is 302 g/mol. The van der Waals surface area contributed by atoms with Crippen molar-refractivity contribution in [2.45, 2.75) is 19.4 Å². The molecule has 0 aliphatic carbocycles. The Hall–Kier alpha value is -2.20. The number of hydrogen-bond acceptors (Lipinski definition) is 3. The highest BCUT2D eigenvalue weighted by Crippen LogP contribution is 2.34. The third-order valence-electron chi connectivity index (χ3n) is 3.58. The molecule has 0 fully saturated rings. The Labute approximate surface area is 134 Å². The first kappa shape index (κ1) is 14.7. The highest BCUT2D eigenvalue weighted by atomic mass is 35.5. The zero-order valence-corrected chi connectivity index (χ0v) is 12.9. The van der Waals surface area contributed by atoms with Gasteiger partial charge in [0.2, 0.25) is 12.7 Å². The molecule has 1 atom stereocenters. The van der Waals surface area contributed by atoms with Crippen molar-refractivity contribution in [2.24, 2.45) is 0 Å². The molecule has 1 heterocycles. The van der Waals surface area contributed by atoms with Crippen LogP contribution in [-0.2, 0) is 11.2 Å². The van der Waals surface area contributed by atoms with E-state index in [0.717, 1.165) is 16.9 Å². The van der Waals surface area contributed by atoms with E-state index in [-0.39, 0.29) is 25.2 Å². The van der Waals surface area contributed by atoms with Gasteiger partial charge in [-0.05, 0) is 36.2 Å². The van der Waals surface area contributed by atoms with Gasteiger partial charge in [0, 0.05) is 5.02 Å². The van der Waals surface area contributed by atoms with Crippen molar-refractivity contribution in [2.75, 3.05) is 6.79 Å². The van der Waals surface area contributed by atoms with Crippen LogP contribution in [0.5, 0.6) is 11.5 Å². The molecule has 1 amide bonds. The molecule has 4 nitrogen and oxygen atoms in total. The molecule has 0 bridgehead atoms. The van der Waals surface area contributed by atoms with Crippen LogP contribution in [-0.4, -0.2) is 12.7 Å². The Morgan fingerprint density at radius 1 is 1.23 bits per heavy atom. The van der Waals surface area contributed by atoms with Crippen LogP contribution in [0.15, 0.2) is 42.5 Å². The van der Waals surface area contributed by atoms with Crippen LogP contribution in [0.1, 0.15) is 24.1 Å². The fourth-order valence-corrected chi connectivity index (χ4v) is 2.58. The molecule has 1 aliphatic rings. The molecule has 3 rings (SSSR count). The number of rotatable bonds is 4. The molecular formula is C17H16ClNO3. The highest BCUT2D eigenvalue weighted by Gasteiger charge is 2.17. The highest BCUT2D eigenvalue weighted by molar-refractivity contribution is 6.31. The van der Waals surface area contributed by atoms with Crippen LogP contribution >= 0.6 is 11.6 Å². The fraction of sp³-hybridized carbons (Fsp3) is 0.235. The SMILES string of the molecule is CC(NC(=O)Cc1ccccc1Cl)c1ccc2c(c1)OCO2. The van der Waals surface area contributed by atoms with E-state index in [4.69, 9.17) is 21.1 Å². The first-order valence-electron chi connectivity index (χ1n) is 7.06. The summed E-state index contributed by atoms with van der Waals surface area (Å²) in [4.78, 5) is 12.2. The second kappa shape index (κ2) is 6.28. The molecule has 0 saturated heterocycles. The molecule has 0 aromatic heterocycles. The smallest absolute Gasteiger partial charge is 0.231 e. The normalized spacial score (nSPS) is 13.7. The topological polar surface area (TPSA) is 47.6 Å². The molecule has 1 N–H and O–H groups in total. The standard InChI is InChI=1S/C17H16ClNO3/c1-11(12-6-7-15-16(8-12)22-10-21-15)19-17(20)9-13-4-2-3-5-14(13)18/h2-8,11H,9-10H2,1H3,(H,19,20). The lowest BCUT2D eigenvalue weighted by atomic mass is 10.1. The summed E-state index contributed by atoms with van der Waals surface area (Å²) in [6.07, 6.45) is 0.258. The van der Waals surface area contributed by atoms with Gasteiger partial charge in [0.05, 0.1) is 12.5 Å². The monoisotopic (exact) mass is 317 g/mol. The Kier molecular flexibility index (Phi) is 4.20. The summed E-state index contributed by atoms with van der Waals surface area (Å²) >= 11 is 6.08. The second-order valence-corrected chi connectivity index (χ2v) is 5.58. The molecule has 0 saturated carbocycles. The maximum atomic E-state index is 12.2. The first-order chi connectivity index (χ1) is 10.6. The van der Waals surface area contributed by atoms with E-state index < -0.39 is 0 Å². The molecule has 2 aromatic carbocycles. The molecule has 22 heavy (non-hydrogen) atoms. The molecule has 5 heteroatoms. The van der Waals surface area contributed by atoms with Crippen LogP contribution < -0.4 is 14.8 Å². The van der Waals surface area contributed by atoms with Crippen molar-refractivity contribution in [1.29, 1.82) is 0 Å². The Morgan fingerprint density at radius 3 is 2.82 bits per heavy atom. The number of amides is 1. The fourth-order valence-electron chi connectivity index (χ4n) is 2.37. The second-order valence-electron chi connectivity index (χ2n) is 5.17. The maximum absolute atomic E-state index is 12.2. The van der Waals surface area contributed by atoms with Crippen LogP contribution in [0, 0.1) is 0 Å². The van der Waals surface area contributed by atoms with Gasteiger partial charge in [-0.15, -0.1) is 0 Å². The van der Waals surface area contributed by atoms with Gasteiger partial charge in [-0.1, -0.05) is 35.9 Å². The van der Waals surface area contributed by atoms with Crippen molar-refractivity contribution >= 4 is 17.5 Å². The summed E-state index contributed by atoms with van der Waals surface area (Å²) in [5.41, 5.74) is 1.79. The van der Waals surface area contributed by atoms with E-state index >= 15 is 0 Å². The van der Waals surface area contributed by atoms with Crippen molar-refractivity contribution < 1.29 is 14.3 Å². The van der Waals surface area contributed by atoms with Crippen LogP contribution in [0.25, 0.3) is 0 Å². The van der Waals surface area contributed by atoms with Crippen LogP contribution in [0.4, 0.5) is 0 Å². The number of carbonyl (C=O) groups is 1. The minimum atomic E-state index is -0.121. The summed E-state index contributed by atoms with van der Waals surface area (Å²) < 4.78 is 10.6. The van der Waals surface area contributed by atoms with Crippen molar-refractivity contribution in [1.82, 2.24) is 5.32 Å². The lowest BCUT2D eigenvalue weighted by Crippen LogP contribution is -2.28. The Morgan fingerprint density at radius 2 is 2.00 bits per heavy atom. The third-order valence-corrected chi connectivity index (χ3v) is 3.95. The average molecular weight is 318 g/mol. The number of ether oxygens (including phenoxy) is 2. The summed E-state index contributed by atoms with van der Waals surface area (Å²) in [7, 11) is 0. The van der Waals surface area contributed by atoms with Gasteiger partial charge in [0.15, 0.2) is 11.5 Å². The van der Waals surface area contributed by atoms with Gasteiger partial charge in [0.25, 0.3) is 0 Å². The van der Waals surface area contributed by atoms with E-state index in [1.807, 2.05) is 43.3 Å². The summed E-state index contributed by atoms with van der Waals surface area (Å²) in [5, 5.41) is 3.57.